The third-order valence-corrected chi connectivity index (χ3v) is 6.05. The molecule has 2 aromatic carbocycles. The summed E-state index contributed by atoms with van der Waals surface area (Å²) in [5.41, 5.74) is 4.11. The largest absolute Gasteiger partial charge is 0.496 e. The molecule has 1 N–H and O–H groups in total. The van der Waals surface area contributed by atoms with E-state index in [1.165, 1.54) is 18.0 Å². The van der Waals surface area contributed by atoms with Crippen molar-refractivity contribution in [1.82, 2.24) is 20.2 Å². The summed E-state index contributed by atoms with van der Waals surface area (Å²) < 4.78 is 18.8. The van der Waals surface area contributed by atoms with Gasteiger partial charge in [-0.1, -0.05) is 27.7 Å². The summed E-state index contributed by atoms with van der Waals surface area (Å²) in [4.78, 5) is 12.3. The molecule has 1 aromatic heterocycles. The van der Waals surface area contributed by atoms with Crippen LogP contribution >= 0.6 is 27.7 Å². The molecule has 174 valence electrons. The van der Waals surface area contributed by atoms with E-state index in [9.17, 15) is 4.79 Å². The van der Waals surface area contributed by atoms with Gasteiger partial charge in [-0.15, -0.1) is 10.2 Å². The zero-order valence-corrected chi connectivity index (χ0v) is 21.1. The van der Waals surface area contributed by atoms with Crippen molar-refractivity contribution in [2.75, 3.05) is 27.1 Å². The van der Waals surface area contributed by atoms with Crippen molar-refractivity contribution in [2.24, 2.45) is 5.10 Å². The lowest BCUT2D eigenvalue weighted by Crippen LogP contribution is -2.20. The van der Waals surface area contributed by atoms with Gasteiger partial charge in [-0.2, -0.15) is 5.10 Å². The zero-order chi connectivity index (χ0) is 23.8. The van der Waals surface area contributed by atoms with Crippen LogP contribution in [0.4, 0.5) is 0 Å². The first-order valence-corrected chi connectivity index (χ1v) is 11.7. The number of hydrogen-bond donors (Lipinski definition) is 1. The lowest BCUT2D eigenvalue weighted by Gasteiger charge is -2.10. The maximum absolute atomic E-state index is 12.3. The fourth-order valence-corrected chi connectivity index (χ4v) is 4.19. The third-order valence-electron chi connectivity index (χ3n) is 4.59. The van der Waals surface area contributed by atoms with Crippen molar-refractivity contribution in [3.05, 3.63) is 46.4 Å². The molecule has 0 fully saturated rings. The van der Waals surface area contributed by atoms with Gasteiger partial charge in [0.05, 0.1) is 33.3 Å². The highest BCUT2D eigenvalue weighted by Gasteiger charge is 2.16. The summed E-state index contributed by atoms with van der Waals surface area (Å²) in [6, 6.07) is 11.1. The molecule has 1 amide bonds. The Balaban J connectivity index is 1.66. The van der Waals surface area contributed by atoms with Gasteiger partial charge >= 0.3 is 0 Å². The maximum Gasteiger partial charge on any atom is 0.250 e. The van der Waals surface area contributed by atoms with Crippen molar-refractivity contribution in [3.8, 4) is 28.6 Å². The number of hydrazone groups is 1. The number of carbonyl (C=O) groups is 1. The number of rotatable bonds is 10. The summed E-state index contributed by atoms with van der Waals surface area (Å²) in [7, 11) is 4.75. The fraction of sp³-hybridized carbons (Fsp3) is 0.273. The fourth-order valence-electron chi connectivity index (χ4n) is 3.01. The Morgan fingerprint density at radius 2 is 1.82 bits per heavy atom. The van der Waals surface area contributed by atoms with E-state index >= 15 is 0 Å². The Bertz CT molecular complexity index is 1150. The highest BCUT2D eigenvalue weighted by molar-refractivity contribution is 9.10. The quantitative estimate of drug-likeness (QED) is 0.239. The third kappa shape index (κ3) is 6.05. The first-order valence-electron chi connectivity index (χ1n) is 9.94. The molecule has 0 unspecified atom stereocenters. The molecular formula is C22H24BrN5O4S. The van der Waals surface area contributed by atoms with Gasteiger partial charge in [0, 0.05) is 22.1 Å². The molecule has 33 heavy (non-hydrogen) atoms. The van der Waals surface area contributed by atoms with E-state index in [1.807, 2.05) is 47.9 Å². The van der Waals surface area contributed by atoms with E-state index in [1.54, 1.807) is 21.3 Å². The average molecular weight is 534 g/mol. The zero-order valence-electron chi connectivity index (χ0n) is 18.7. The summed E-state index contributed by atoms with van der Waals surface area (Å²) in [5.74, 6) is 2.45. The van der Waals surface area contributed by atoms with E-state index in [-0.39, 0.29) is 11.7 Å². The lowest BCUT2D eigenvalue weighted by atomic mass is 10.2. The minimum Gasteiger partial charge on any atom is -0.496 e. The molecule has 0 aliphatic carbocycles. The molecule has 0 atom stereocenters. The van der Waals surface area contributed by atoms with E-state index in [2.05, 4.69) is 36.7 Å². The number of hydrogen-bond acceptors (Lipinski definition) is 8. The van der Waals surface area contributed by atoms with Crippen LogP contribution in [0.1, 0.15) is 12.5 Å². The SMILES string of the molecule is CCn1c(SCC(=O)N/N=C\c2cc(Br)ccc2OC)nnc1-c1ccc(OC)c(OC)c1. The number of carbonyl (C=O) groups excluding carboxylic acids is 1. The van der Waals surface area contributed by atoms with Gasteiger partial charge in [-0.3, -0.25) is 4.79 Å². The molecule has 0 aliphatic rings. The Labute approximate surface area is 204 Å². The van der Waals surface area contributed by atoms with Crippen LogP contribution in [0.25, 0.3) is 11.4 Å². The Kier molecular flexibility index (Phi) is 8.72. The molecule has 3 aromatic rings. The minimum atomic E-state index is -0.261. The van der Waals surface area contributed by atoms with Crippen molar-refractivity contribution >= 4 is 39.8 Å². The van der Waals surface area contributed by atoms with Crippen LogP contribution in [0.3, 0.4) is 0 Å². The second kappa shape index (κ2) is 11.7. The Morgan fingerprint density at radius 3 is 2.52 bits per heavy atom. The molecule has 0 saturated heterocycles. The molecule has 3 rings (SSSR count). The van der Waals surface area contributed by atoms with Crippen molar-refractivity contribution in [3.63, 3.8) is 0 Å². The average Bonchev–Trinajstić information content (AvgIpc) is 3.25. The van der Waals surface area contributed by atoms with Crippen molar-refractivity contribution in [2.45, 2.75) is 18.6 Å². The first-order chi connectivity index (χ1) is 16.0. The van der Waals surface area contributed by atoms with Gasteiger partial charge < -0.3 is 18.8 Å². The molecule has 0 spiro atoms. The summed E-state index contributed by atoms with van der Waals surface area (Å²) >= 11 is 4.69. The first kappa shape index (κ1) is 24.6. The van der Waals surface area contributed by atoms with Gasteiger partial charge in [-0.05, 0) is 43.3 Å². The van der Waals surface area contributed by atoms with Crippen LogP contribution in [0.5, 0.6) is 17.2 Å². The van der Waals surface area contributed by atoms with Crippen LogP contribution in [0, 0.1) is 0 Å². The highest BCUT2D eigenvalue weighted by atomic mass is 79.9. The van der Waals surface area contributed by atoms with E-state index in [0.717, 1.165) is 15.6 Å². The number of nitrogens with one attached hydrogen (secondary N) is 1. The van der Waals surface area contributed by atoms with Crippen molar-refractivity contribution in [1.29, 1.82) is 0 Å². The summed E-state index contributed by atoms with van der Waals surface area (Å²) in [5, 5.41) is 13.2. The van der Waals surface area contributed by atoms with E-state index < -0.39 is 0 Å². The summed E-state index contributed by atoms with van der Waals surface area (Å²) in [6.07, 6.45) is 1.54. The van der Waals surface area contributed by atoms with E-state index in [4.69, 9.17) is 14.2 Å². The van der Waals surface area contributed by atoms with Crippen LogP contribution in [-0.4, -0.2) is 54.0 Å². The molecule has 0 radical (unpaired) electrons. The number of thioether (sulfide) groups is 1. The van der Waals surface area contributed by atoms with Gasteiger partial charge in [0.1, 0.15) is 5.75 Å². The standard InChI is InChI=1S/C22H24BrN5O4S/c1-5-28-21(14-6-8-18(31-3)19(11-14)32-4)26-27-22(28)33-13-20(29)25-24-12-15-10-16(23)7-9-17(15)30-2/h6-12H,5,13H2,1-4H3,(H,25,29)/b24-12-. The molecule has 11 heteroatoms. The van der Waals surface area contributed by atoms with Gasteiger partial charge in [0.2, 0.25) is 0 Å². The van der Waals surface area contributed by atoms with Gasteiger partial charge in [0.25, 0.3) is 5.91 Å². The normalized spacial score (nSPS) is 10.9. The number of benzene rings is 2. The minimum absolute atomic E-state index is 0.136. The highest BCUT2D eigenvalue weighted by Crippen LogP contribution is 2.32. The number of ether oxygens (including phenoxy) is 3. The molecular weight excluding hydrogens is 510 g/mol. The molecule has 0 bridgehead atoms. The number of aromatic nitrogens is 3. The predicted octanol–water partition coefficient (Wildman–Crippen LogP) is 4.00. The number of methoxy groups -OCH3 is 3. The smallest absolute Gasteiger partial charge is 0.250 e. The number of amides is 1. The van der Waals surface area contributed by atoms with Crippen LogP contribution in [-0.2, 0) is 11.3 Å². The van der Waals surface area contributed by atoms with Crippen LogP contribution in [0.2, 0.25) is 0 Å². The topological polar surface area (TPSA) is 99.9 Å². The van der Waals surface area contributed by atoms with Crippen LogP contribution in [0.15, 0.2) is 51.1 Å². The maximum atomic E-state index is 12.3. The molecule has 0 saturated carbocycles. The molecule has 0 aliphatic heterocycles. The van der Waals surface area contributed by atoms with Crippen LogP contribution < -0.4 is 19.6 Å². The predicted molar refractivity (Wildman–Crippen MR) is 131 cm³/mol. The van der Waals surface area contributed by atoms with E-state index in [0.29, 0.717) is 34.8 Å². The Morgan fingerprint density at radius 1 is 1.09 bits per heavy atom. The second-order valence-corrected chi connectivity index (χ2v) is 8.45. The van der Waals surface area contributed by atoms with Gasteiger partial charge in [0.15, 0.2) is 22.5 Å². The number of halogens is 1. The molecule has 1 heterocycles. The lowest BCUT2D eigenvalue weighted by molar-refractivity contribution is -0.118. The monoisotopic (exact) mass is 533 g/mol. The second-order valence-electron chi connectivity index (χ2n) is 6.59. The number of nitrogens with zero attached hydrogens (tertiary/aromatic N) is 4. The Hall–Kier alpha value is -3.05. The van der Waals surface area contributed by atoms with Crippen molar-refractivity contribution < 1.29 is 19.0 Å². The molecule has 9 nitrogen and oxygen atoms in total. The summed E-state index contributed by atoms with van der Waals surface area (Å²) in [6.45, 7) is 2.63. The van der Waals surface area contributed by atoms with Gasteiger partial charge in [-0.25, -0.2) is 5.43 Å².